The third-order valence-corrected chi connectivity index (χ3v) is 6.49. The van der Waals surface area contributed by atoms with E-state index in [1.54, 1.807) is 0 Å². The van der Waals surface area contributed by atoms with Gasteiger partial charge in [0.15, 0.2) is 0 Å². The Morgan fingerprint density at radius 2 is 1.41 bits per heavy atom. The number of likely N-dealkylation sites (N-methyl/N-ethyl adjacent to an activating group) is 1. The average Bonchev–Trinajstić information content (AvgIpc) is 3.11. The summed E-state index contributed by atoms with van der Waals surface area (Å²) in [5, 5.41) is 0. The van der Waals surface area contributed by atoms with E-state index in [4.69, 9.17) is 0 Å². The molecule has 1 aliphatic rings. The predicted octanol–water partition coefficient (Wildman–Crippen LogP) is 6.81. The van der Waals surface area contributed by atoms with E-state index in [1.807, 2.05) is 0 Å². The van der Waals surface area contributed by atoms with Gasteiger partial charge in [-0.25, -0.2) is 0 Å². The summed E-state index contributed by atoms with van der Waals surface area (Å²) in [5.74, 6) is 0.449. The molecule has 0 aromatic heterocycles. The lowest BCUT2D eigenvalue weighted by Gasteiger charge is -2.51. The molecule has 2 atom stereocenters. The molecule has 2 nitrogen and oxygen atoms in total. The predicted molar refractivity (Wildman–Crippen MR) is 125 cm³/mol. The normalized spacial score (nSPS) is 19.7. The molecule has 29 heavy (non-hydrogen) atoms. The lowest BCUT2D eigenvalue weighted by Crippen LogP contribution is -2.59. The van der Waals surface area contributed by atoms with Crippen molar-refractivity contribution in [1.29, 1.82) is 0 Å². The zero-order valence-corrected chi connectivity index (χ0v) is 18.6. The Morgan fingerprint density at radius 3 is 2.03 bits per heavy atom. The molecule has 1 aliphatic heterocycles. The van der Waals surface area contributed by atoms with Gasteiger partial charge in [-0.1, -0.05) is 93.8 Å². The standard InChI is InChI=1S/C27H38N2/c1-4-7-8-15-20-29-22-21-28(6-3)27(29,23-24-16-11-9-12-17-24)26(5-2)25-18-13-10-14-19-25/h9-14,16-19,21-22,26H,4-8,15,20,23H2,1-3H3. The van der Waals surface area contributed by atoms with Crippen molar-refractivity contribution in [3.05, 3.63) is 84.2 Å². The highest BCUT2D eigenvalue weighted by Gasteiger charge is 2.48. The molecular formula is C27H38N2. The second kappa shape index (κ2) is 10.5. The van der Waals surface area contributed by atoms with E-state index in [0.717, 1.165) is 25.9 Å². The van der Waals surface area contributed by atoms with Crippen molar-refractivity contribution >= 4 is 0 Å². The van der Waals surface area contributed by atoms with Gasteiger partial charge in [0.1, 0.15) is 5.66 Å². The van der Waals surface area contributed by atoms with E-state index < -0.39 is 0 Å². The first-order chi connectivity index (χ1) is 14.3. The molecular weight excluding hydrogens is 352 g/mol. The molecule has 0 radical (unpaired) electrons. The summed E-state index contributed by atoms with van der Waals surface area (Å²) < 4.78 is 0. The Bertz CT molecular complexity index is 740. The smallest absolute Gasteiger partial charge is 0.123 e. The molecule has 2 aromatic carbocycles. The third kappa shape index (κ3) is 4.69. The molecule has 0 fully saturated rings. The van der Waals surface area contributed by atoms with Gasteiger partial charge in [0.05, 0.1) is 0 Å². The molecule has 0 spiro atoms. The average molecular weight is 391 g/mol. The van der Waals surface area contributed by atoms with Gasteiger partial charge in [-0.15, -0.1) is 0 Å². The first kappa shape index (κ1) is 21.5. The van der Waals surface area contributed by atoms with Gasteiger partial charge < -0.3 is 9.80 Å². The number of hydrogen-bond acceptors (Lipinski definition) is 2. The second-order valence-corrected chi connectivity index (χ2v) is 8.25. The summed E-state index contributed by atoms with van der Waals surface area (Å²) in [6, 6.07) is 22.2. The van der Waals surface area contributed by atoms with E-state index in [9.17, 15) is 0 Å². The van der Waals surface area contributed by atoms with Crippen molar-refractivity contribution in [2.24, 2.45) is 0 Å². The van der Waals surface area contributed by atoms with Gasteiger partial charge in [0.2, 0.25) is 0 Å². The fourth-order valence-corrected chi connectivity index (χ4v) is 5.08. The number of unbranched alkanes of at least 4 members (excludes halogenated alkanes) is 3. The van der Waals surface area contributed by atoms with E-state index in [2.05, 4.69) is 104 Å². The number of rotatable bonds is 11. The first-order valence-corrected chi connectivity index (χ1v) is 11.6. The Hall–Kier alpha value is -2.22. The lowest BCUT2D eigenvalue weighted by atomic mass is 9.78. The van der Waals surface area contributed by atoms with Crippen LogP contribution in [-0.2, 0) is 6.42 Å². The van der Waals surface area contributed by atoms with Crippen LogP contribution in [0.2, 0.25) is 0 Å². The minimum atomic E-state index is -0.0432. The zero-order chi connectivity index (χ0) is 20.5. The minimum absolute atomic E-state index is 0.0432. The van der Waals surface area contributed by atoms with Crippen LogP contribution in [0, 0.1) is 0 Å². The van der Waals surface area contributed by atoms with Crippen LogP contribution in [0.4, 0.5) is 0 Å². The van der Waals surface area contributed by atoms with Gasteiger partial charge in [0.25, 0.3) is 0 Å². The molecule has 0 saturated carbocycles. The van der Waals surface area contributed by atoms with Gasteiger partial charge in [-0.2, -0.15) is 0 Å². The van der Waals surface area contributed by atoms with Crippen molar-refractivity contribution in [3.8, 4) is 0 Å². The first-order valence-electron chi connectivity index (χ1n) is 11.6. The molecule has 0 aliphatic carbocycles. The summed E-state index contributed by atoms with van der Waals surface area (Å²) in [6.07, 6.45) is 12.1. The molecule has 0 amide bonds. The van der Waals surface area contributed by atoms with Crippen LogP contribution in [0.3, 0.4) is 0 Å². The SMILES string of the molecule is CCCCCCN1C=CN(CC)C1(Cc1ccccc1)C(CC)c1ccccc1. The monoisotopic (exact) mass is 390 g/mol. The quantitative estimate of drug-likeness (QED) is 0.389. The molecule has 2 unspecified atom stereocenters. The highest BCUT2D eigenvalue weighted by Crippen LogP contribution is 2.44. The molecule has 2 aromatic rings. The molecule has 0 saturated heterocycles. The van der Waals surface area contributed by atoms with Crippen LogP contribution in [0.1, 0.15) is 69.9 Å². The largest absolute Gasteiger partial charge is 0.353 e. The van der Waals surface area contributed by atoms with Gasteiger partial charge in [0, 0.05) is 37.8 Å². The van der Waals surface area contributed by atoms with E-state index >= 15 is 0 Å². The Morgan fingerprint density at radius 1 is 0.759 bits per heavy atom. The summed E-state index contributed by atoms with van der Waals surface area (Å²) in [7, 11) is 0. The maximum absolute atomic E-state index is 2.67. The molecule has 3 rings (SSSR count). The highest BCUT2D eigenvalue weighted by atomic mass is 15.4. The van der Waals surface area contributed by atoms with Crippen LogP contribution in [-0.4, -0.2) is 28.6 Å². The van der Waals surface area contributed by atoms with Crippen LogP contribution in [0.15, 0.2) is 73.1 Å². The van der Waals surface area contributed by atoms with Crippen LogP contribution < -0.4 is 0 Å². The fraction of sp³-hybridized carbons (Fsp3) is 0.481. The fourth-order valence-electron chi connectivity index (χ4n) is 5.08. The van der Waals surface area contributed by atoms with Gasteiger partial charge >= 0.3 is 0 Å². The second-order valence-electron chi connectivity index (χ2n) is 8.25. The Kier molecular flexibility index (Phi) is 7.80. The van der Waals surface area contributed by atoms with Gasteiger partial charge in [-0.3, -0.25) is 0 Å². The van der Waals surface area contributed by atoms with Gasteiger partial charge in [-0.05, 0) is 30.9 Å². The number of benzene rings is 2. The highest BCUT2D eigenvalue weighted by molar-refractivity contribution is 5.30. The Labute approximate surface area is 178 Å². The Balaban J connectivity index is 2.01. The van der Waals surface area contributed by atoms with Crippen molar-refractivity contribution in [2.75, 3.05) is 13.1 Å². The van der Waals surface area contributed by atoms with Crippen molar-refractivity contribution < 1.29 is 0 Å². The minimum Gasteiger partial charge on any atom is -0.353 e. The summed E-state index contributed by atoms with van der Waals surface area (Å²) >= 11 is 0. The number of hydrogen-bond donors (Lipinski definition) is 0. The lowest BCUT2D eigenvalue weighted by molar-refractivity contribution is 0.00000729. The van der Waals surface area contributed by atoms with Crippen molar-refractivity contribution in [3.63, 3.8) is 0 Å². The van der Waals surface area contributed by atoms with Crippen molar-refractivity contribution in [1.82, 2.24) is 9.80 Å². The molecule has 0 bridgehead atoms. The van der Waals surface area contributed by atoms with Crippen LogP contribution in [0.25, 0.3) is 0 Å². The summed E-state index contributed by atoms with van der Waals surface area (Å²) in [6.45, 7) is 9.09. The molecule has 1 heterocycles. The maximum atomic E-state index is 2.67. The summed E-state index contributed by atoms with van der Waals surface area (Å²) in [4.78, 5) is 5.27. The van der Waals surface area contributed by atoms with E-state index in [-0.39, 0.29) is 5.66 Å². The van der Waals surface area contributed by atoms with Crippen LogP contribution in [0.5, 0.6) is 0 Å². The number of nitrogens with zero attached hydrogens (tertiary/aromatic N) is 2. The molecule has 156 valence electrons. The maximum Gasteiger partial charge on any atom is 0.123 e. The topological polar surface area (TPSA) is 6.48 Å². The third-order valence-electron chi connectivity index (χ3n) is 6.49. The molecule has 0 N–H and O–H groups in total. The van der Waals surface area contributed by atoms with Crippen molar-refractivity contribution in [2.45, 2.75) is 70.9 Å². The van der Waals surface area contributed by atoms with E-state index in [1.165, 1.54) is 36.8 Å². The summed E-state index contributed by atoms with van der Waals surface area (Å²) in [5.41, 5.74) is 2.83. The zero-order valence-electron chi connectivity index (χ0n) is 18.6. The molecule has 2 heteroatoms. The van der Waals surface area contributed by atoms with E-state index in [0.29, 0.717) is 5.92 Å². The van der Waals surface area contributed by atoms with Crippen LogP contribution >= 0.6 is 0 Å².